The zero-order chi connectivity index (χ0) is 23.1. The van der Waals surface area contributed by atoms with E-state index in [1.165, 1.54) is 5.39 Å². The third-order valence-electron chi connectivity index (χ3n) is 5.97. The van der Waals surface area contributed by atoms with Gasteiger partial charge in [-0.15, -0.1) is 0 Å². The molecule has 0 amide bonds. The number of nitrogens with zero attached hydrogens (tertiary/aromatic N) is 2. The summed E-state index contributed by atoms with van der Waals surface area (Å²) in [6.07, 6.45) is 1.79. The van der Waals surface area contributed by atoms with Crippen LogP contribution in [0.25, 0.3) is 55.7 Å². The fourth-order valence-corrected chi connectivity index (χ4v) is 4.26. The third kappa shape index (κ3) is 3.52. The van der Waals surface area contributed by atoms with E-state index in [0.29, 0.717) is 23.0 Å². The van der Waals surface area contributed by atoms with E-state index >= 15 is 0 Å². The maximum absolute atomic E-state index is 6.45. The van der Waals surface area contributed by atoms with Crippen molar-refractivity contribution in [1.29, 1.82) is 0 Å². The van der Waals surface area contributed by atoms with E-state index in [9.17, 15) is 0 Å². The van der Waals surface area contributed by atoms with Crippen molar-refractivity contribution in [3.8, 4) is 22.5 Å². The van der Waals surface area contributed by atoms with Crippen LogP contribution in [-0.4, -0.2) is 9.97 Å². The Labute approximate surface area is 192 Å². The first-order valence-electron chi connectivity index (χ1n) is 10.7. The number of nitrogen functional groups attached to an aromatic ring is 2. The number of hydrogen-bond acceptors (Lipinski definition) is 4. The predicted molar refractivity (Wildman–Crippen MR) is 142 cm³/mol. The second kappa shape index (κ2) is 7.92. The van der Waals surface area contributed by atoms with Crippen molar-refractivity contribution in [3.05, 3.63) is 97.1 Å². The van der Waals surface area contributed by atoms with Crippen molar-refractivity contribution in [2.45, 2.75) is 6.92 Å². The molecule has 0 atom stereocenters. The van der Waals surface area contributed by atoms with Gasteiger partial charge in [-0.1, -0.05) is 85.5 Å². The van der Waals surface area contributed by atoms with Gasteiger partial charge in [0.15, 0.2) is 11.6 Å². The van der Waals surface area contributed by atoms with Crippen LogP contribution in [0.4, 0.5) is 11.6 Å². The maximum Gasteiger partial charge on any atom is 0.150 e. The van der Waals surface area contributed by atoms with Crippen LogP contribution in [0.3, 0.4) is 0 Å². The van der Waals surface area contributed by atoms with Gasteiger partial charge in [-0.05, 0) is 51.7 Å². The summed E-state index contributed by atoms with van der Waals surface area (Å²) in [5.41, 5.74) is 18.8. The fourth-order valence-electron chi connectivity index (χ4n) is 4.26. The van der Waals surface area contributed by atoms with Gasteiger partial charge in [0, 0.05) is 11.1 Å². The highest BCUT2D eigenvalue weighted by Crippen LogP contribution is 2.38. The summed E-state index contributed by atoms with van der Waals surface area (Å²) in [5.74, 6) is 0.674. The Morgan fingerprint density at radius 3 is 2.03 bits per heavy atom. The molecule has 0 aliphatic rings. The van der Waals surface area contributed by atoms with E-state index in [-0.39, 0.29) is 0 Å². The second-order valence-electron chi connectivity index (χ2n) is 8.20. The van der Waals surface area contributed by atoms with Crippen LogP contribution in [0, 0.1) is 0 Å². The smallest absolute Gasteiger partial charge is 0.150 e. The molecule has 0 saturated heterocycles. The standard InChI is InChI=1S/C29H24N4/c1-4-18-9-11-19(12-10-18)26-28(30)33-27(29(31)32-26)23-14-13-22(17(2)3)24-15-20-7-5-6-8-21(20)16-25(23)24/h4-16H,1-2H2,3H3,(H2,30,33)(H2,31,32). The Kier molecular flexibility index (Phi) is 4.91. The Morgan fingerprint density at radius 1 is 0.788 bits per heavy atom. The van der Waals surface area contributed by atoms with Gasteiger partial charge in [0.2, 0.25) is 0 Å². The zero-order valence-electron chi connectivity index (χ0n) is 18.5. The van der Waals surface area contributed by atoms with Gasteiger partial charge < -0.3 is 11.5 Å². The predicted octanol–water partition coefficient (Wildman–Crippen LogP) is 6.96. The number of rotatable bonds is 4. The lowest BCUT2D eigenvalue weighted by atomic mass is 9.92. The minimum atomic E-state index is 0.337. The molecule has 5 rings (SSSR count). The number of benzene rings is 4. The molecule has 4 heteroatoms. The molecule has 0 aliphatic heterocycles. The topological polar surface area (TPSA) is 77.8 Å². The van der Waals surface area contributed by atoms with Gasteiger partial charge in [-0.3, -0.25) is 0 Å². The molecular formula is C29H24N4. The molecule has 4 N–H and O–H groups in total. The molecule has 0 spiro atoms. The summed E-state index contributed by atoms with van der Waals surface area (Å²) in [6, 6.07) is 24.6. The fraction of sp³-hybridized carbons (Fsp3) is 0.0345. The molecule has 4 aromatic carbocycles. The highest BCUT2D eigenvalue weighted by Gasteiger charge is 2.17. The molecule has 0 unspecified atom stereocenters. The van der Waals surface area contributed by atoms with Crippen LogP contribution >= 0.6 is 0 Å². The Hall–Kier alpha value is -4.44. The number of fused-ring (bicyclic) bond motifs is 2. The van der Waals surface area contributed by atoms with Crippen LogP contribution in [0.1, 0.15) is 18.1 Å². The highest BCUT2D eigenvalue weighted by atomic mass is 15.0. The molecule has 0 aliphatic carbocycles. The Balaban J connectivity index is 1.74. The molecule has 0 saturated carbocycles. The Morgan fingerprint density at radius 2 is 1.39 bits per heavy atom. The normalized spacial score (nSPS) is 11.1. The minimum absolute atomic E-state index is 0.337. The van der Waals surface area contributed by atoms with Gasteiger partial charge >= 0.3 is 0 Å². The monoisotopic (exact) mass is 428 g/mol. The number of aromatic nitrogens is 2. The molecule has 1 heterocycles. The van der Waals surface area contributed by atoms with E-state index in [2.05, 4.69) is 48.5 Å². The highest BCUT2D eigenvalue weighted by molar-refractivity contribution is 6.09. The van der Waals surface area contributed by atoms with Crippen molar-refractivity contribution >= 4 is 44.8 Å². The van der Waals surface area contributed by atoms with Gasteiger partial charge in [0.05, 0.1) is 0 Å². The lowest BCUT2D eigenvalue weighted by Crippen LogP contribution is -2.05. The van der Waals surface area contributed by atoms with Crippen LogP contribution in [0.2, 0.25) is 0 Å². The molecule has 33 heavy (non-hydrogen) atoms. The average molecular weight is 429 g/mol. The van der Waals surface area contributed by atoms with E-state index in [1.54, 1.807) is 6.08 Å². The molecule has 1 aromatic heterocycles. The minimum Gasteiger partial charge on any atom is -0.382 e. The van der Waals surface area contributed by atoms with Crippen LogP contribution in [-0.2, 0) is 0 Å². The molecule has 4 nitrogen and oxygen atoms in total. The second-order valence-corrected chi connectivity index (χ2v) is 8.20. The summed E-state index contributed by atoms with van der Waals surface area (Å²) in [4.78, 5) is 9.36. The summed E-state index contributed by atoms with van der Waals surface area (Å²) in [7, 11) is 0. The summed E-state index contributed by atoms with van der Waals surface area (Å²) in [6.45, 7) is 9.98. The van der Waals surface area contributed by atoms with Crippen LogP contribution in [0.5, 0.6) is 0 Å². The molecule has 0 fully saturated rings. The van der Waals surface area contributed by atoms with Crippen molar-refractivity contribution in [2.75, 3.05) is 11.5 Å². The quantitative estimate of drug-likeness (QED) is 0.303. The van der Waals surface area contributed by atoms with Crippen molar-refractivity contribution < 1.29 is 0 Å². The SMILES string of the molecule is C=Cc1ccc(-c2nc(N)c(-c3ccc(C(=C)C)c4cc5ccccc5cc34)nc2N)cc1. The molecule has 160 valence electrons. The van der Waals surface area contributed by atoms with Crippen LogP contribution in [0.15, 0.2) is 86.0 Å². The molecular weight excluding hydrogens is 404 g/mol. The summed E-state index contributed by atoms with van der Waals surface area (Å²) in [5, 5.41) is 4.45. The third-order valence-corrected chi connectivity index (χ3v) is 5.97. The van der Waals surface area contributed by atoms with Crippen molar-refractivity contribution in [3.63, 3.8) is 0 Å². The summed E-state index contributed by atoms with van der Waals surface area (Å²) < 4.78 is 0. The number of nitrogens with two attached hydrogens (primary N) is 2. The van der Waals surface area contributed by atoms with Gasteiger partial charge in [-0.25, -0.2) is 9.97 Å². The van der Waals surface area contributed by atoms with E-state index in [4.69, 9.17) is 16.5 Å². The Bertz CT molecular complexity index is 1560. The van der Waals surface area contributed by atoms with Crippen molar-refractivity contribution in [2.24, 2.45) is 0 Å². The van der Waals surface area contributed by atoms with Gasteiger partial charge in [0.25, 0.3) is 0 Å². The lowest BCUT2D eigenvalue weighted by Gasteiger charge is -2.15. The molecule has 0 radical (unpaired) electrons. The van der Waals surface area contributed by atoms with Crippen LogP contribution < -0.4 is 11.5 Å². The van der Waals surface area contributed by atoms with E-state index < -0.39 is 0 Å². The first-order valence-corrected chi connectivity index (χ1v) is 10.7. The van der Waals surface area contributed by atoms with E-state index in [0.717, 1.165) is 44.0 Å². The number of anilines is 2. The number of hydrogen-bond donors (Lipinski definition) is 2. The average Bonchev–Trinajstić information content (AvgIpc) is 2.83. The van der Waals surface area contributed by atoms with E-state index in [1.807, 2.05) is 49.4 Å². The molecule has 5 aromatic rings. The van der Waals surface area contributed by atoms with Crippen molar-refractivity contribution in [1.82, 2.24) is 9.97 Å². The number of allylic oxidation sites excluding steroid dienone is 1. The maximum atomic E-state index is 6.45. The summed E-state index contributed by atoms with van der Waals surface area (Å²) >= 11 is 0. The molecule has 0 bridgehead atoms. The first kappa shape index (κ1) is 20.5. The van der Waals surface area contributed by atoms with Gasteiger partial charge in [-0.2, -0.15) is 0 Å². The first-order chi connectivity index (χ1) is 16.0. The lowest BCUT2D eigenvalue weighted by molar-refractivity contribution is 1.23. The zero-order valence-corrected chi connectivity index (χ0v) is 18.5. The largest absolute Gasteiger partial charge is 0.382 e. The van der Waals surface area contributed by atoms with Gasteiger partial charge in [0.1, 0.15) is 11.4 Å².